The molecule has 0 bridgehead atoms. The Morgan fingerprint density at radius 2 is 2.11 bits per heavy atom. The maximum Gasteiger partial charge on any atom is 0.0487 e. The minimum Gasteiger partial charge on any atom is -0.384 e. The Hall–Kier alpha value is -0.0400. The van der Waals surface area contributed by atoms with Crippen LogP contribution in [0.2, 0.25) is 0 Å². The van der Waals surface area contributed by atoms with E-state index in [0.717, 1.165) is 12.5 Å². The lowest BCUT2D eigenvalue weighted by atomic mass is 10.1. The van der Waals surface area contributed by atoms with Crippen LogP contribution in [0.3, 0.4) is 0 Å². The zero-order chi connectivity index (χ0) is 7.11. The van der Waals surface area contributed by atoms with Crippen LogP contribution in [-0.2, 0) is 4.74 Å². The van der Waals surface area contributed by atoms with E-state index in [-0.39, 0.29) is 0 Å². The average molecular weight is 130 g/mol. The maximum atomic E-state index is 5.00. The molecule has 1 nitrogen and oxygen atoms in total. The van der Waals surface area contributed by atoms with Gasteiger partial charge in [-0.15, -0.1) is 0 Å². The molecular weight excluding hydrogens is 112 g/mol. The quantitative estimate of drug-likeness (QED) is 0.555. The number of hydrogen-bond donors (Lipinski definition) is 0. The van der Waals surface area contributed by atoms with E-state index in [1.807, 2.05) is 0 Å². The number of rotatable bonds is 5. The monoisotopic (exact) mass is 130 g/mol. The number of methoxy groups -OCH3 is 1. The fourth-order valence-corrected chi connectivity index (χ4v) is 0.920. The summed E-state index contributed by atoms with van der Waals surface area (Å²) in [5.41, 5.74) is 0. The summed E-state index contributed by atoms with van der Waals surface area (Å²) in [6, 6.07) is 0. The van der Waals surface area contributed by atoms with Crippen LogP contribution < -0.4 is 0 Å². The molecule has 0 aliphatic heterocycles. The SMILES string of the molecule is CCCC[C@H](C)COC. The molecule has 0 amide bonds. The van der Waals surface area contributed by atoms with E-state index in [1.165, 1.54) is 19.3 Å². The highest BCUT2D eigenvalue weighted by molar-refractivity contribution is 4.49. The van der Waals surface area contributed by atoms with Crippen LogP contribution in [0.15, 0.2) is 0 Å². The number of unbranched alkanes of at least 4 members (excludes halogenated alkanes) is 1. The Bertz CT molecular complexity index is 52.5. The standard InChI is InChI=1S/C8H18O/c1-4-5-6-8(2)7-9-3/h8H,4-7H2,1-3H3/t8-/m0/s1. The van der Waals surface area contributed by atoms with Gasteiger partial charge in [-0.05, 0) is 12.3 Å². The molecule has 0 aromatic rings. The fraction of sp³-hybridized carbons (Fsp3) is 1.00. The van der Waals surface area contributed by atoms with Crippen molar-refractivity contribution >= 4 is 0 Å². The van der Waals surface area contributed by atoms with Gasteiger partial charge in [-0.25, -0.2) is 0 Å². The van der Waals surface area contributed by atoms with Gasteiger partial charge >= 0.3 is 0 Å². The van der Waals surface area contributed by atoms with Gasteiger partial charge in [0.15, 0.2) is 0 Å². The van der Waals surface area contributed by atoms with Gasteiger partial charge in [0, 0.05) is 13.7 Å². The molecule has 0 saturated carbocycles. The Kier molecular flexibility index (Phi) is 6.06. The summed E-state index contributed by atoms with van der Waals surface area (Å²) in [6.07, 6.45) is 3.95. The Labute approximate surface area is 58.4 Å². The highest BCUT2D eigenvalue weighted by atomic mass is 16.5. The predicted octanol–water partition coefficient (Wildman–Crippen LogP) is 2.46. The third-order valence-electron chi connectivity index (χ3n) is 1.50. The summed E-state index contributed by atoms with van der Waals surface area (Å²) < 4.78 is 5.00. The van der Waals surface area contributed by atoms with E-state index in [1.54, 1.807) is 7.11 Å². The molecule has 1 atom stereocenters. The van der Waals surface area contributed by atoms with E-state index in [2.05, 4.69) is 13.8 Å². The molecule has 56 valence electrons. The lowest BCUT2D eigenvalue weighted by Gasteiger charge is -2.07. The molecule has 1 heteroatoms. The Morgan fingerprint density at radius 3 is 2.56 bits per heavy atom. The van der Waals surface area contributed by atoms with Crippen molar-refractivity contribution in [2.24, 2.45) is 5.92 Å². The second kappa shape index (κ2) is 6.09. The van der Waals surface area contributed by atoms with E-state index in [0.29, 0.717) is 0 Å². The summed E-state index contributed by atoms with van der Waals surface area (Å²) in [6.45, 7) is 5.37. The molecule has 0 N–H and O–H groups in total. The van der Waals surface area contributed by atoms with Crippen LogP contribution in [-0.4, -0.2) is 13.7 Å². The molecule has 0 spiro atoms. The first kappa shape index (κ1) is 8.96. The summed E-state index contributed by atoms with van der Waals surface area (Å²) in [5, 5.41) is 0. The Morgan fingerprint density at radius 1 is 1.44 bits per heavy atom. The van der Waals surface area contributed by atoms with Crippen molar-refractivity contribution in [3.8, 4) is 0 Å². The molecule has 0 aliphatic rings. The molecule has 0 heterocycles. The predicted molar refractivity (Wildman–Crippen MR) is 40.6 cm³/mol. The number of hydrogen-bond acceptors (Lipinski definition) is 1. The molecular formula is C8H18O. The molecule has 0 unspecified atom stereocenters. The Balaban J connectivity index is 2.95. The topological polar surface area (TPSA) is 9.23 Å². The second-order valence-corrected chi connectivity index (χ2v) is 2.70. The maximum absolute atomic E-state index is 5.00. The first-order valence-corrected chi connectivity index (χ1v) is 3.80. The van der Waals surface area contributed by atoms with Gasteiger partial charge in [-0.1, -0.05) is 26.7 Å². The van der Waals surface area contributed by atoms with Crippen molar-refractivity contribution < 1.29 is 4.74 Å². The minimum absolute atomic E-state index is 0.745. The molecule has 0 saturated heterocycles. The summed E-state index contributed by atoms with van der Waals surface area (Å²) in [5.74, 6) is 0.745. The van der Waals surface area contributed by atoms with Gasteiger partial charge in [0.05, 0.1) is 0 Å². The van der Waals surface area contributed by atoms with Crippen LogP contribution in [0.5, 0.6) is 0 Å². The minimum atomic E-state index is 0.745. The van der Waals surface area contributed by atoms with Gasteiger partial charge in [-0.3, -0.25) is 0 Å². The second-order valence-electron chi connectivity index (χ2n) is 2.70. The van der Waals surface area contributed by atoms with Crippen LogP contribution >= 0.6 is 0 Å². The average Bonchev–Trinajstić information content (AvgIpc) is 1.85. The van der Waals surface area contributed by atoms with E-state index in [4.69, 9.17) is 4.74 Å². The van der Waals surface area contributed by atoms with Crippen LogP contribution in [0, 0.1) is 5.92 Å². The van der Waals surface area contributed by atoms with E-state index in [9.17, 15) is 0 Å². The molecule has 0 rings (SSSR count). The van der Waals surface area contributed by atoms with Gasteiger partial charge in [0.25, 0.3) is 0 Å². The molecule has 9 heavy (non-hydrogen) atoms. The lowest BCUT2D eigenvalue weighted by molar-refractivity contribution is 0.154. The van der Waals surface area contributed by atoms with Crippen molar-refractivity contribution in [1.29, 1.82) is 0 Å². The van der Waals surface area contributed by atoms with Crippen molar-refractivity contribution in [2.75, 3.05) is 13.7 Å². The molecule has 0 aliphatic carbocycles. The van der Waals surface area contributed by atoms with E-state index < -0.39 is 0 Å². The first-order valence-electron chi connectivity index (χ1n) is 3.80. The van der Waals surface area contributed by atoms with Crippen molar-refractivity contribution in [2.45, 2.75) is 33.1 Å². The van der Waals surface area contributed by atoms with Gasteiger partial charge in [0.1, 0.15) is 0 Å². The summed E-state index contributed by atoms with van der Waals surface area (Å²) in [4.78, 5) is 0. The smallest absolute Gasteiger partial charge is 0.0487 e. The first-order chi connectivity index (χ1) is 4.31. The zero-order valence-electron chi connectivity index (χ0n) is 6.81. The van der Waals surface area contributed by atoms with Gasteiger partial charge < -0.3 is 4.74 Å². The van der Waals surface area contributed by atoms with Crippen molar-refractivity contribution in [3.05, 3.63) is 0 Å². The van der Waals surface area contributed by atoms with Gasteiger partial charge in [-0.2, -0.15) is 0 Å². The summed E-state index contributed by atoms with van der Waals surface area (Å²) in [7, 11) is 1.77. The van der Waals surface area contributed by atoms with Crippen molar-refractivity contribution in [1.82, 2.24) is 0 Å². The third kappa shape index (κ3) is 5.84. The largest absolute Gasteiger partial charge is 0.384 e. The highest BCUT2D eigenvalue weighted by Crippen LogP contribution is 2.06. The molecule has 0 aromatic heterocycles. The fourth-order valence-electron chi connectivity index (χ4n) is 0.920. The highest BCUT2D eigenvalue weighted by Gasteiger charge is 1.98. The molecule has 0 fully saturated rings. The zero-order valence-corrected chi connectivity index (χ0v) is 6.81. The number of ether oxygens (including phenoxy) is 1. The summed E-state index contributed by atoms with van der Waals surface area (Å²) >= 11 is 0. The normalized spacial score (nSPS) is 13.7. The molecule has 0 radical (unpaired) electrons. The van der Waals surface area contributed by atoms with E-state index >= 15 is 0 Å². The third-order valence-corrected chi connectivity index (χ3v) is 1.50. The van der Waals surface area contributed by atoms with Crippen LogP contribution in [0.1, 0.15) is 33.1 Å². The lowest BCUT2D eigenvalue weighted by Crippen LogP contribution is -2.02. The van der Waals surface area contributed by atoms with Gasteiger partial charge in [0.2, 0.25) is 0 Å². The van der Waals surface area contributed by atoms with Crippen LogP contribution in [0.4, 0.5) is 0 Å². The van der Waals surface area contributed by atoms with Crippen molar-refractivity contribution in [3.63, 3.8) is 0 Å². The molecule has 0 aromatic carbocycles. The van der Waals surface area contributed by atoms with Crippen LogP contribution in [0.25, 0.3) is 0 Å².